The van der Waals surface area contributed by atoms with Crippen LogP contribution in [0.1, 0.15) is 44.9 Å². The number of piperidine rings is 1. The summed E-state index contributed by atoms with van der Waals surface area (Å²) in [5.41, 5.74) is 0. The van der Waals surface area contributed by atoms with Crippen molar-refractivity contribution in [3.8, 4) is 0 Å². The van der Waals surface area contributed by atoms with Gasteiger partial charge in [0, 0.05) is 6.61 Å². The number of unbranched alkanes of at least 4 members (excludes halogenated alkanes) is 3. The third-order valence-corrected chi connectivity index (χ3v) is 3.50. The van der Waals surface area contributed by atoms with Crippen LogP contribution in [0.4, 0.5) is 0 Å². The first-order valence-corrected chi connectivity index (χ1v) is 6.21. The van der Waals surface area contributed by atoms with E-state index >= 15 is 0 Å². The summed E-state index contributed by atoms with van der Waals surface area (Å²) in [6.45, 7) is 4.50. The van der Waals surface area contributed by atoms with Crippen molar-refractivity contribution in [2.75, 3.05) is 33.3 Å². The summed E-state index contributed by atoms with van der Waals surface area (Å²) < 4.78 is 1.30. The van der Waals surface area contributed by atoms with E-state index in [1.165, 1.54) is 62.6 Å². The van der Waals surface area contributed by atoms with Crippen LogP contribution in [0.15, 0.2) is 0 Å². The van der Waals surface area contributed by atoms with Crippen molar-refractivity contribution in [3.63, 3.8) is 0 Å². The lowest BCUT2D eigenvalue weighted by Crippen LogP contribution is -3.00. The van der Waals surface area contributed by atoms with E-state index in [0.29, 0.717) is 6.61 Å². The van der Waals surface area contributed by atoms with Gasteiger partial charge < -0.3 is 33.6 Å². The zero-order chi connectivity index (χ0) is 10.3. The van der Waals surface area contributed by atoms with Crippen molar-refractivity contribution in [2.24, 2.45) is 0 Å². The van der Waals surface area contributed by atoms with E-state index in [9.17, 15) is 0 Å². The molecule has 1 rings (SSSR count). The van der Waals surface area contributed by atoms with E-state index in [2.05, 4.69) is 7.05 Å². The van der Waals surface area contributed by atoms with Crippen LogP contribution in [0.25, 0.3) is 0 Å². The minimum absolute atomic E-state index is 0. The third-order valence-electron chi connectivity index (χ3n) is 3.50. The molecule has 1 saturated heterocycles. The van der Waals surface area contributed by atoms with Gasteiger partial charge in [-0.1, -0.05) is 6.42 Å². The predicted molar refractivity (Wildman–Crippen MR) is 60.2 cm³/mol. The average Bonchev–Trinajstić information content (AvgIpc) is 2.18. The summed E-state index contributed by atoms with van der Waals surface area (Å²) in [5.74, 6) is 0. The molecule has 0 aromatic heterocycles. The first-order chi connectivity index (χ1) is 6.77. The maximum atomic E-state index is 8.66. The normalized spacial score (nSPS) is 19.6. The average molecular weight is 327 g/mol. The number of hydrogen-bond donors (Lipinski definition) is 1. The number of nitrogens with zero attached hydrogens (tertiary/aromatic N) is 1. The van der Waals surface area contributed by atoms with Gasteiger partial charge in [0.2, 0.25) is 0 Å². The molecule has 0 radical (unpaired) electrons. The summed E-state index contributed by atoms with van der Waals surface area (Å²) >= 11 is 0. The Balaban J connectivity index is 0.00000196. The van der Waals surface area contributed by atoms with Crippen LogP contribution in [0.5, 0.6) is 0 Å². The van der Waals surface area contributed by atoms with Crippen molar-refractivity contribution in [3.05, 3.63) is 0 Å². The number of likely N-dealkylation sites (tertiary alicyclic amines) is 1. The summed E-state index contributed by atoms with van der Waals surface area (Å²) in [6, 6.07) is 0. The lowest BCUT2D eigenvalue weighted by Gasteiger charge is -2.37. The van der Waals surface area contributed by atoms with Crippen molar-refractivity contribution in [1.29, 1.82) is 0 Å². The zero-order valence-electron chi connectivity index (χ0n) is 10.1. The highest BCUT2D eigenvalue weighted by Gasteiger charge is 2.23. The molecule has 2 nitrogen and oxygen atoms in total. The number of rotatable bonds is 6. The van der Waals surface area contributed by atoms with E-state index in [1.807, 2.05) is 0 Å². The van der Waals surface area contributed by atoms with Gasteiger partial charge >= 0.3 is 0 Å². The standard InChI is InChI=1S/C12H26NO.HI/c1-13(10-6-4-7-11-13)9-5-2-3-8-12-14;/h14H,2-12H2,1H3;1H/q+1;/p-1. The third kappa shape index (κ3) is 6.74. The maximum absolute atomic E-state index is 8.66. The van der Waals surface area contributed by atoms with Crippen LogP contribution in [-0.2, 0) is 0 Å². The molecule has 1 fully saturated rings. The van der Waals surface area contributed by atoms with E-state index in [4.69, 9.17) is 5.11 Å². The van der Waals surface area contributed by atoms with Gasteiger partial charge in [0.25, 0.3) is 0 Å². The number of aliphatic hydroxyl groups excluding tert-OH is 1. The monoisotopic (exact) mass is 327 g/mol. The fourth-order valence-electron chi connectivity index (χ4n) is 2.46. The van der Waals surface area contributed by atoms with Gasteiger partial charge in [0.1, 0.15) is 0 Å². The number of aliphatic hydroxyl groups is 1. The second kappa shape index (κ2) is 8.76. The fraction of sp³-hybridized carbons (Fsp3) is 1.00. The summed E-state index contributed by atoms with van der Waals surface area (Å²) in [7, 11) is 2.41. The topological polar surface area (TPSA) is 20.2 Å². The Kier molecular flexibility index (Phi) is 9.14. The SMILES string of the molecule is C[N+]1(CCCCCCO)CCCCC1.[I-]. The van der Waals surface area contributed by atoms with Gasteiger partial charge in [-0.15, -0.1) is 0 Å². The Morgan fingerprint density at radius 1 is 0.933 bits per heavy atom. The molecular formula is C12H26INO. The van der Waals surface area contributed by atoms with Crippen LogP contribution in [0.2, 0.25) is 0 Å². The summed E-state index contributed by atoms with van der Waals surface area (Å²) in [4.78, 5) is 0. The fourth-order valence-corrected chi connectivity index (χ4v) is 2.46. The van der Waals surface area contributed by atoms with Gasteiger partial charge in [0.15, 0.2) is 0 Å². The first-order valence-electron chi connectivity index (χ1n) is 6.21. The Morgan fingerprint density at radius 2 is 1.53 bits per heavy atom. The van der Waals surface area contributed by atoms with Crippen molar-refractivity contribution >= 4 is 0 Å². The number of hydrogen-bond acceptors (Lipinski definition) is 1. The Morgan fingerprint density at radius 3 is 2.13 bits per heavy atom. The number of quaternary nitrogens is 1. The number of halogens is 1. The highest BCUT2D eigenvalue weighted by Crippen LogP contribution is 2.17. The Bertz CT molecular complexity index is 147. The van der Waals surface area contributed by atoms with Crippen molar-refractivity contribution in [2.45, 2.75) is 44.9 Å². The predicted octanol–water partition coefficient (Wildman–Crippen LogP) is -0.826. The van der Waals surface area contributed by atoms with Gasteiger partial charge in [0.05, 0.1) is 26.7 Å². The minimum atomic E-state index is 0. The van der Waals surface area contributed by atoms with Gasteiger partial charge in [-0.2, -0.15) is 0 Å². The minimum Gasteiger partial charge on any atom is -1.00 e. The molecule has 3 heteroatoms. The summed E-state index contributed by atoms with van der Waals surface area (Å²) in [5, 5.41) is 8.66. The van der Waals surface area contributed by atoms with Crippen LogP contribution >= 0.6 is 0 Å². The van der Waals surface area contributed by atoms with Crippen molar-refractivity contribution < 1.29 is 33.6 Å². The molecule has 1 aliphatic rings. The highest BCUT2D eigenvalue weighted by atomic mass is 127. The Labute approximate surface area is 112 Å². The largest absolute Gasteiger partial charge is 1.00 e. The van der Waals surface area contributed by atoms with E-state index < -0.39 is 0 Å². The molecule has 15 heavy (non-hydrogen) atoms. The molecule has 0 saturated carbocycles. The molecule has 1 N–H and O–H groups in total. The molecule has 1 aliphatic heterocycles. The second-order valence-electron chi connectivity index (χ2n) is 4.99. The van der Waals surface area contributed by atoms with Gasteiger partial charge in [-0.3, -0.25) is 0 Å². The van der Waals surface area contributed by atoms with Crippen LogP contribution in [-0.4, -0.2) is 42.9 Å². The molecule has 0 spiro atoms. The van der Waals surface area contributed by atoms with E-state index in [-0.39, 0.29) is 24.0 Å². The van der Waals surface area contributed by atoms with Crippen LogP contribution < -0.4 is 24.0 Å². The van der Waals surface area contributed by atoms with E-state index in [1.54, 1.807) is 0 Å². The molecule has 92 valence electrons. The molecule has 0 aromatic carbocycles. The molecule has 0 aliphatic carbocycles. The molecular weight excluding hydrogens is 301 g/mol. The molecule has 1 heterocycles. The molecule has 0 bridgehead atoms. The Hall–Kier alpha value is 0.650. The lowest BCUT2D eigenvalue weighted by molar-refractivity contribution is -0.914. The first kappa shape index (κ1) is 15.7. The maximum Gasteiger partial charge on any atom is 0.0784 e. The lowest BCUT2D eigenvalue weighted by atomic mass is 10.1. The second-order valence-corrected chi connectivity index (χ2v) is 4.99. The highest BCUT2D eigenvalue weighted by molar-refractivity contribution is 4.52. The van der Waals surface area contributed by atoms with Crippen LogP contribution in [0, 0.1) is 0 Å². The van der Waals surface area contributed by atoms with Gasteiger partial charge in [-0.05, 0) is 38.5 Å². The zero-order valence-corrected chi connectivity index (χ0v) is 12.2. The van der Waals surface area contributed by atoms with E-state index in [0.717, 1.165) is 6.42 Å². The smallest absolute Gasteiger partial charge is 0.0784 e. The molecule has 0 atom stereocenters. The molecule has 0 amide bonds. The molecule has 0 unspecified atom stereocenters. The van der Waals surface area contributed by atoms with Crippen molar-refractivity contribution in [1.82, 2.24) is 0 Å². The quantitative estimate of drug-likeness (QED) is 0.384. The summed E-state index contributed by atoms with van der Waals surface area (Å²) in [6.07, 6.45) is 9.13. The van der Waals surface area contributed by atoms with Crippen LogP contribution in [0.3, 0.4) is 0 Å². The molecule has 0 aromatic rings. The van der Waals surface area contributed by atoms with Gasteiger partial charge in [-0.25, -0.2) is 0 Å².